The summed E-state index contributed by atoms with van der Waals surface area (Å²) in [7, 11) is 0. The third kappa shape index (κ3) is 4.27. The van der Waals surface area contributed by atoms with Crippen molar-refractivity contribution in [2.24, 2.45) is 0 Å². The molecule has 1 aromatic carbocycles. The zero-order chi connectivity index (χ0) is 25.7. The number of aromatic nitrogens is 4. The fraction of sp³-hybridized carbons (Fsp3) is 0.280. The van der Waals surface area contributed by atoms with E-state index in [-0.39, 0.29) is 12.1 Å². The van der Waals surface area contributed by atoms with Gasteiger partial charge in [0.25, 0.3) is 5.91 Å². The number of hydrogen-bond donors (Lipinski definition) is 0. The second kappa shape index (κ2) is 9.00. The van der Waals surface area contributed by atoms with E-state index in [1.165, 1.54) is 11.1 Å². The summed E-state index contributed by atoms with van der Waals surface area (Å²) < 4.78 is 52.0. The molecule has 6 rings (SSSR count). The number of rotatable bonds is 4. The summed E-state index contributed by atoms with van der Waals surface area (Å²) in [6.45, 7) is 2.04. The standard InChI is InChI=1S/C25H19ClF3N5O3/c26-22-18-13-36-12-17(18)16-4-2-14(8-19(16)32-22)11-33(20-10-31-34-6-1-7-37-24(20)34)23(35)15-3-5-21(30-9-15)25(27,28)29/h2-5,8-10H,1,6-7,11-13H2. The Labute approximate surface area is 213 Å². The van der Waals surface area contributed by atoms with E-state index in [0.717, 1.165) is 46.8 Å². The van der Waals surface area contributed by atoms with E-state index < -0.39 is 17.8 Å². The first-order valence-electron chi connectivity index (χ1n) is 11.5. The van der Waals surface area contributed by atoms with E-state index in [9.17, 15) is 18.0 Å². The van der Waals surface area contributed by atoms with E-state index in [1.807, 2.05) is 18.2 Å². The predicted molar refractivity (Wildman–Crippen MR) is 127 cm³/mol. The highest BCUT2D eigenvalue weighted by molar-refractivity contribution is 6.30. The lowest BCUT2D eigenvalue weighted by molar-refractivity contribution is -0.141. The van der Waals surface area contributed by atoms with Crippen molar-refractivity contribution in [2.45, 2.75) is 38.9 Å². The van der Waals surface area contributed by atoms with Gasteiger partial charge in [-0.25, -0.2) is 9.67 Å². The molecule has 37 heavy (non-hydrogen) atoms. The Balaban J connectivity index is 1.39. The van der Waals surface area contributed by atoms with E-state index in [4.69, 9.17) is 21.1 Å². The van der Waals surface area contributed by atoms with Crippen molar-refractivity contribution in [2.75, 3.05) is 11.5 Å². The number of carbonyl (C=O) groups excluding carboxylic acids is 1. The molecule has 0 aliphatic carbocycles. The van der Waals surface area contributed by atoms with E-state index in [0.29, 0.717) is 48.6 Å². The number of anilines is 1. The Morgan fingerprint density at radius 2 is 1.97 bits per heavy atom. The highest BCUT2D eigenvalue weighted by Gasteiger charge is 2.33. The monoisotopic (exact) mass is 529 g/mol. The lowest BCUT2D eigenvalue weighted by Gasteiger charge is -2.25. The zero-order valence-corrected chi connectivity index (χ0v) is 20.0. The Morgan fingerprint density at radius 3 is 2.76 bits per heavy atom. The zero-order valence-electron chi connectivity index (χ0n) is 19.3. The van der Waals surface area contributed by atoms with Crippen molar-refractivity contribution in [3.05, 3.63) is 75.8 Å². The van der Waals surface area contributed by atoms with Crippen LogP contribution in [-0.4, -0.2) is 32.3 Å². The number of hydrogen-bond acceptors (Lipinski definition) is 6. The molecule has 8 nitrogen and oxygen atoms in total. The Morgan fingerprint density at radius 1 is 1.14 bits per heavy atom. The molecule has 0 N–H and O–H groups in total. The molecule has 0 unspecified atom stereocenters. The van der Waals surface area contributed by atoms with Crippen molar-refractivity contribution in [1.29, 1.82) is 0 Å². The second-order valence-corrected chi connectivity index (χ2v) is 9.14. The lowest BCUT2D eigenvalue weighted by atomic mass is 10.0. The molecule has 0 saturated carbocycles. The summed E-state index contributed by atoms with van der Waals surface area (Å²) in [5.41, 5.74) is 2.60. The molecule has 0 radical (unpaired) electrons. The SMILES string of the molecule is O=C(c1ccc(C(F)(F)F)nc1)N(Cc1ccc2c3c(c(Cl)nc2c1)COC3)c1cnn2c1OCCC2. The quantitative estimate of drug-likeness (QED) is 0.340. The predicted octanol–water partition coefficient (Wildman–Crippen LogP) is 5.16. The van der Waals surface area contributed by atoms with Crippen molar-refractivity contribution < 1.29 is 27.4 Å². The maximum atomic E-state index is 13.6. The van der Waals surface area contributed by atoms with Crippen LogP contribution in [-0.2, 0) is 37.2 Å². The molecule has 2 aliphatic heterocycles. The Hall–Kier alpha value is -3.70. The third-order valence-electron chi connectivity index (χ3n) is 6.42. The number of ether oxygens (including phenoxy) is 2. The fourth-order valence-electron chi connectivity index (χ4n) is 4.58. The average Bonchev–Trinajstić information content (AvgIpc) is 3.55. The van der Waals surface area contributed by atoms with Gasteiger partial charge in [0, 0.05) is 30.1 Å². The molecule has 0 fully saturated rings. The average molecular weight is 530 g/mol. The molecule has 0 spiro atoms. The minimum Gasteiger partial charge on any atom is -0.476 e. The molecule has 0 bridgehead atoms. The fourth-order valence-corrected chi connectivity index (χ4v) is 4.84. The highest BCUT2D eigenvalue weighted by Crippen LogP contribution is 2.35. The molecule has 12 heteroatoms. The maximum absolute atomic E-state index is 13.6. The minimum absolute atomic E-state index is 0.000636. The summed E-state index contributed by atoms with van der Waals surface area (Å²) in [6, 6.07) is 7.53. The van der Waals surface area contributed by atoms with Crippen LogP contribution in [0.3, 0.4) is 0 Å². The molecule has 0 saturated heterocycles. The number of pyridine rings is 2. The van der Waals surface area contributed by atoms with Crippen LogP contribution in [0.25, 0.3) is 10.9 Å². The van der Waals surface area contributed by atoms with Gasteiger partial charge in [-0.3, -0.25) is 14.7 Å². The van der Waals surface area contributed by atoms with Crippen LogP contribution in [0.1, 0.15) is 39.2 Å². The van der Waals surface area contributed by atoms with Crippen molar-refractivity contribution in [3.8, 4) is 5.88 Å². The van der Waals surface area contributed by atoms with Gasteiger partial charge < -0.3 is 9.47 Å². The number of amides is 1. The lowest BCUT2D eigenvalue weighted by Crippen LogP contribution is -2.31. The third-order valence-corrected chi connectivity index (χ3v) is 6.73. The molecular weight excluding hydrogens is 511 g/mol. The summed E-state index contributed by atoms with van der Waals surface area (Å²) >= 11 is 6.37. The topological polar surface area (TPSA) is 82.4 Å². The summed E-state index contributed by atoms with van der Waals surface area (Å²) in [5.74, 6) is -0.115. The second-order valence-electron chi connectivity index (χ2n) is 8.79. The van der Waals surface area contributed by atoms with Crippen LogP contribution in [0.15, 0.2) is 42.7 Å². The number of alkyl halides is 3. The van der Waals surface area contributed by atoms with E-state index in [1.54, 1.807) is 4.68 Å². The first kappa shape index (κ1) is 23.7. The summed E-state index contributed by atoms with van der Waals surface area (Å²) in [4.78, 5) is 23.0. The molecular formula is C25H19ClF3N5O3. The molecule has 1 amide bonds. The van der Waals surface area contributed by atoms with Crippen molar-refractivity contribution in [3.63, 3.8) is 0 Å². The Bertz CT molecular complexity index is 1520. The van der Waals surface area contributed by atoms with Gasteiger partial charge in [0.2, 0.25) is 5.88 Å². The van der Waals surface area contributed by atoms with Gasteiger partial charge >= 0.3 is 6.18 Å². The van der Waals surface area contributed by atoms with Gasteiger partial charge in [-0.2, -0.15) is 18.3 Å². The molecule has 190 valence electrons. The number of carbonyl (C=O) groups is 1. The van der Waals surface area contributed by atoms with Crippen molar-refractivity contribution in [1.82, 2.24) is 19.7 Å². The van der Waals surface area contributed by atoms with Gasteiger partial charge in [-0.1, -0.05) is 23.7 Å². The summed E-state index contributed by atoms with van der Waals surface area (Å²) in [6.07, 6.45) is -1.38. The molecule has 3 aromatic heterocycles. The normalized spacial score (nSPS) is 14.8. The minimum atomic E-state index is -4.61. The van der Waals surface area contributed by atoms with Gasteiger partial charge in [0.15, 0.2) is 0 Å². The van der Waals surface area contributed by atoms with Gasteiger partial charge in [0.05, 0.1) is 43.6 Å². The van der Waals surface area contributed by atoms with Gasteiger partial charge in [0.1, 0.15) is 16.5 Å². The number of benzene rings is 1. The summed E-state index contributed by atoms with van der Waals surface area (Å²) in [5, 5.41) is 5.62. The van der Waals surface area contributed by atoms with Gasteiger partial charge in [-0.05, 0) is 29.3 Å². The van der Waals surface area contributed by atoms with Gasteiger partial charge in [-0.15, -0.1) is 0 Å². The number of halogens is 4. The largest absolute Gasteiger partial charge is 0.476 e. The smallest absolute Gasteiger partial charge is 0.433 e. The van der Waals surface area contributed by atoms with E-state index >= 15 is 0 Å². The highest BCUT2D eigenvalue weighted by atomic mass is 35.5. The first-order valence-corrected chi connectivity index (χ1v) is 11.9. The van der Waals surface area contributed by atoms with Crippen LogP contribution < -0.4 is 9.64 Å². The number of aryl methyl sites for hydroxylation is 1. The van der Waals surface area contributed by atoms with Crippen LogP contribution in [0.4, 0.5) is 18.9 Å². The van der Waals surface area contributed by atoms with Crippen LogP contribution in [0.5, 0.6) is 5.88 Å². The van der Waals surface area contributed by atoms with E-state index in [2.05, 4.69) is 15.1 Å². The van der Waals surface area contributed by atoms with Crippen LogP contribution >= 0.6 is 11.6 Å². The molecule has 5 heterocycles. The van der Waals surface area contributed by atoms with Crippen LogP contribution in [0.2, 0.25) is 5.15 Å². The molecule has 0 atom stereocenters. The van der Waals surface area contributed by atoms with Crippen molar-refractivity contribution >= 4 is 34.1 Å². The number of fused-ring (bicyclic) bond motifs is 4. The first-order chi connectivity index (χ1) is 17.8. The molecule has 2 aliphatic rings. The number of nitrogens with zero attached hydrogens (tertiary/aromatic N) is 5. The maximum Gasteiger partial charge on any atom is 0.433 e. The molecule has 4 aromatic rings. The van der Waals surface area contributed by atoms with Crippen LogP contribution in [0, 0.1) is 0 Å². The Kier molecular flexibility index (Phi) is 5.76.